The number of aryl methyl sites for hydroxylation is 1. The topological polar surface area (TPSA) is 17.1 Å². The van der Waals surface area contributed by atoms with Crippen molar-refractivity contribution in [3.8, 4) is 11.1 Å². The summed E-state index contributed by atoms with van der Waals surface area (Å²) in [5.74, 6) is -0.230. The molecule has 0 atom stereocenters. The molecule has 0 heterocycles. The van der Waals surface area contributed by atoms with Crippen molar-refractivity contribution in [1.82, 2.24) is 0 Å². The molecule has 0 aliphatic carbocycles. The largest absolute Gasteiger partial charge is 0.293 e. The predicted molar refractivity (Wildman–Crippen MR) is 74.7 cm³/mol. The van der Waals surface area contributed by atoms with Gasteiger partial charge in [-0.25, -0.2) is 4.39 Å². The molecule has 92 valence electrons. The molecule has 2 rings (SSSR count). The minimum Gasteiger partial charge on any atom is -0.293 e. The van der Waals surface area contributed by atoms with E-state index in [4.69, 9.17) is 0 Å². The van der Waals surface area contributed by atoms with Gasteiger partial charge in [0.2, 0.25) is 0 Å². The number of carbonyl (C=O) groups excluding carboxylic acids is 1. The number of hydrogen-bond donors (Lipinski definition) is 0. The SMILES string of the molecule is Cc1ccc(F)c(-c2ccc(C(=O)CBr)cc2)c1. The van der Waals surface area contributed by atoms with Crippen molar-refractivity contribution in [1.29, 1.82) is 0 Å². The zero-order valence-electron chi connectivity index (χ0n) is 9.91. The number of carbonyl (C=O) groups is 1. The first-order chi connectivity index (χ1) is 8.61. The predicted octanol–water partition coefficient (Wildman–Crippen LogP) is 4.38. The average molecular weight is 307 g/mol. The van der Waals surface area contributed by atoms with Crippen LogP contribution in [-0.2, 0) is 0 Å². The molecule has 1 nitrogen and oxygen atoms in total. The molecule has 0 saturated carbocycles. The Balaban J connectivity index is 2.40. The van der Waals surface area contributed by atoms with Crippen molar-refractivity contribution in [3.05, 3.63) is 59.4 Å². The van der Waals surface area contributed by atoms with Crippen LogP contribution in [0, 0.1) is 12.7 Å². The molecule has 3 heteroatoms. The lowest BCUT2D eigenvalue weighted by Gasteiger charge is -2.06. The summed E-state index contributed by atoms with van der Waals surface area (Å²) in [5.41, 5.74) is 2.98. The number of hydrogen-bond acceptors (Lipinski definition) is 1. The second-order valence-electron chi connectivity index (χ2n) is 4.12. The molecular formula is C15H12BrFO. The van der Waals surface area contributed by atoms with Crippen molar-refractivity contribution in [2.24, 2.45) is 0 Å². The van der Waals surface area contributed by atoms with Gasteiger partial charge in [-0.1, -0.05) is 51.8 Å². The van der Waals surface area contributed by atoms with Crippen molar-refractivity contribution in [2.75, 3.05) is 5.33 Å². The highest BCUT2D eigenvalue weighted by atomic mass is 79.9. The van der Waals surface area contributed by atoms with Crippen molar-refractivity contribution in [2.45, 2.75) is 6.92 Å². The monoisotopic (exact) mass is 306 g/mol. The number of Topliss-reactive ketones (excluding diaryl/α,β-unsaturated/α-hetero) is 1. The minimum atomic E-state index is -0.250. The van der Waals surface area contributed by atoms with Crippen LogP contribution < -0.4 is 0 Å². The van der Waals surface area contributed by atoms with Crippen molar-refractivity contribution < 1.29 is 9.18 Å². The smallest absolute Gasteiger partial charge is 0.173 e. The van der Waals surface area contributed by atoms with Crippen LogP contribution >= 0.6 is 15.9 Å². The normalized spacial score (nSPS) is 10.4. The van der Waals surface area contributed by atoms with Gasteiger partial charge >= 0.3 is 0 Å². The minimum absolute atomic E-state index is 0.0197. The van der Waals surface area contributed by atoms with Crippen molar-refractivity contribution in [3.63, 3.8) is 0 Å². The number of halogens is 2. The second-order valence-corrected chi connectivity index (χ2v) is 4.68. The van der Waals surface area contributed by atoms with E-state index in [0.717, 1.165) is 11.1 Å². The van der Waals surface area contributed by atoms with Crippen LogP contribution in [0.25, 0.3) is 11.1 Å². The van der Waals surface area contributed by atoms with Crippen LogP contribution in [0.1, 0.15) is 15.9 Å². The summed E-state index contributed by atoms with van der Waals surface area (Å²) in [6, 6.07) is 12.0. The zero-order chi connectivity index (χ0) is 13.1. The van der Waals surface area contributed by atoms with Gasteiger partial charge in [0.25, 0.3) is 0 Å². The molecule has 0 spiro atoms. The molecule has 0 bridgehead atoms. The van der Waals surface area contributed by atoms with Gasteiger partial charge in [-0.2, -0.15) is 0 Å². The molecule has 0 aliphatic rings. The average Bonchev–Trinajstić information content (AvgIpc) is 2.41. The standard InChI is InChI=1S/C15H12BrFO/c1-10-2-7-14(17)13(8-10)11-3-5-12(6-4-11)15(18)9-16/h2-8H,9H2,1H3. The fraction of sp³-hybridized carbons (Fsp3) is 0.133. The van der Waals surface area contributed by atoms with E-state index in [2.05, 4.69) is 15.9 Å². The number of rotatable bonds is 3. The Morgan fingerprint density at radius 1 is 1.17 bits per heavy atom. The quantitative estimate of drug-likeness (QED) is 0.607. The Labute approximate surface area is 114 Å². The first kappa shape index (κ1) is 13.0. The van der Waals surface area contributed by atoms with Gasteiger partial charge in [0, 0.05) is 11.1 Å². The molecule has 0 aromatic heterocycles. The highest BCUT2D eigenvalue weighted by Crippen LogP contribution is 2.24. The van der Waals surface area contributed by atoms with Gasteiger partial charge in [0.1, 0.15) is 5.82 Å². The van der Waals surface area contributed by atoms with Gasteiger partial charge in [-0.15, -0.1) is 0 Å². The highest BCUT2D eigenvalue weighted by molar-refractivity contribution is 9.09. The van der Waals surface area contributed by atoms with Crippen LogP contribution in [0.2, 0.25) is 0 Å². The Kier molecular flexibility index (Phi) is 3.92. The third kappa shape index (κ3) is 2.67. The molecule has 2 aromatic carbocycles. The number of ketones is 1. The third-order valence-corrected chi connectivity index (χ3v) is 3.27. The summed E-state index contributed by atoms with van der Waals surface area (Å²) in [4.78, 5) is 11.5. The van der Waals surface area contributed by atoms with Gasteiger partial charge in [-0.3, -0.25) is 4.79 Å². The maximum atomic E-state index is 13.7. The van der Waals surface area contributed by atoms with E-state index in [1.165, 1.54) is 6.07 Å². The molecule has 2 aromatic rings. The lowest BCUT2D eigenvalue weighted by molar-refractivity contribution is 0.102. The van der Waals surface area contributed by atoms with E-state index in [0.29, 0.717) is 16.5 Å². The molecule has 0 radical (unpaired) electrons. The molecule has 0 N–H and O–H groups in total. The Hall–Kier alpha value is -1.48. The fourth-order valence-corrected chi connectivity index (χ4v) is 2.10. The number of alkyl halides is 1. The van der Waals surface area contributed by atoms with E-state index >= 15 is 0 Å². The molecule has 0 unspecified atom stereocenters. The zero-order valence-corrected chi connectivity index (χ0v) is 11.5. The Morgan fingerprint density at radius 2 is 1.83 bits per heavy atom. The van der Waals surface area contributed by atoms with E-state index in [-0.39, 0.29) is 11.6 Å². The lowest BCUT2D eigenvalue weighted by atomic mass is 10.0. The maximum Gasteiger partial charge on any atom is 0.173 e. The summed E-state index contributed by atoms with van der Waals surface area (Å²) in [5, 5.41) is 0.297. The van der Waals surface area contributed by atoms with E-state index in [9.17, 15) is 9.18 Å². The molecule has 0 aliphatic heterocycles. The summed E-state index contributed by atoms with van der Waals surface area (Å²) in [7, 11) is 0. The van der Waals surface area contributed by atoms with E-state index in [1.807, 2.05) is 6.92 Å². The maximum absolute atomic E-state index is 13.7. The van der Waals surface area contributed by atoms with Crippen LogP contribution in [-0.4, -0.2) is 11.1 Å². The molecular weight excluding hydrogens is 295 g/mol. The molecule has 0 saturated heterocycles. The Bertz CT molecular complexity index is 576. The summed E-state index contributed by atoms with van der Waals surface area (Å²) in [6.07, 6.45) is 0. The summed E-state index contributed by atoms with van der Waals surface area (Å²) < 4.78 is 13.7. The van der Waals surface area contributed by atoms with E-state index < -0.39 is 0 Å². The Morgan fingerprint density at radius 3 is 2.44 bits per heavy atom. The highest BCUT2D eigenvalue weighted by Gasteiger charge is 2.07. The molecule has 0 fully saturated rings. The summed E-state index contributed by atoms with van der Waals surface area (Å²) in [6.45, 7) is 1.92. The van der Waals surface area contributed by atoms with Gasteiger partial charge in [0.05, 0.1) is 5.33 Å². The van der Waals surface area contributed by atoms with Crippen molar-refractivity contribution >= 4 is 21.7 Å². The molecule has 18 heavy (non-hydrogen) atoms. The summed E-state index contributed by atoms with van der Waals surface area (Å²) >= 11 is 3.13. The molecule has 0 amide bonds. The van der Waals surface area contributed by atoms with Crippen LogP contribution in [0.15, 0.2) is 42.5 Å². The fourth-order valence-electron chi connectivity index (χ4n) is 1.77. The van der Waals surface area contributed by atoms with Gasteiger partial charge in [-0.05, 0) is 24.6 Å². The third-order valence-electron chi connectivity index (χ3n) is 2.76. The first-order valence-corrected chi connectivity index (χ1v) is 6.69. The van der Waals surface area contributed by atoms with Crippen LogP contribution in [0.5, 0.6) is 0 Å². The van der Waals surface area contributed by atoms with Crippen LogP contribution in [0.4, 0.5) is 4.39 Å². The lowest BCUT2D eigenvalue weighted by Crippen LogP contribution is -1.99. The second kappa shape index (κ2) is 5.44. The van der Waals surface area contributed by atoms with Gasteiger partial charge in [0.15, 0.2) is 5.78 Å². The first-order valence-electron chi connectivity index (χ1n) is 5.57. The van der Waals surface area contributed by atoms with E-state index in [1.54, 1.807) is 36.4 Å². The number of benzene rings is 2. The van der Waals surface area contributed by atoms with Gasteiger partial charge < -0.3 is 0 Å². The van der Waals surface area contributed by atoms with Crippen LogP contribution in [0.3, 0.4) is 0 Å².